The van der Waals surface area contributed by atoms with Crippen LogP contribution in [-0.4, -0.2) is 16.7 Å². The summed E-state index contributed by atoms with van der Waals surface area (Å²) in [7, 11) is 3.56. The predicted molar refractivity (Wildman–Crippen MR) is 73.1 cm³/mol. The van der Waals surface area contributed by atoms with E-state index in [1.807, 2.05) is 36.7 Å². The van der Waals surface area contributed by atoms with Crippen LogP contribution in [0.2, 0.25) is 0 Å². The van der Waals surface area contributed by atoms with Crippen LogP contribution in [0.3, 0.4) is 0 Å². The second-order valence-electron chi connectivity index (χ2n) is 4.48. The van der Waals surface area contributed by atoms with E-state index in [-0.39, 0.29) is 6.04 Å². The lowest BCUT2D eigenvalue weighted by atomic mass is 10.1. The molecule has 0 bridgehead atoms. The molecule has 0 saturated carbocycles. The zero-order valence-corrected chi connectivity index (χ0v) is 11.5. The van der Waals surface area contributed by atoms with E-state index in [0.717, 1.165) is 22.8 Å². The van der Waals surface area contributed by atoms with Gasteiger partial charge in [-0.3, -0.25) is 0 Å². The van der Waals surface area contributed by atoms with Crippen molar-refractivity contribution in [2.45, 2.75) is 19.6 Å². The van der Waals surface area contributed by atoms with Crippen LogP contribution in [0.25, 0.3) is 0 Å². The molecule has 0 amide bonds. The highest BCUT2D eigenvalue weighted by Gasteiger charge is 2.10. The number of hydrogen-bond acceptors (Lipinski definition) is 4. The number of aromatic nitrogens is 2. The van der Waals surface area contributed by atoms with Crippen molar-refractivity contribution in [3.63, 3.8) is 0 Å². The summed E-state index contributed by atoms with van der Waals surface area (Å²) in [5.41, 5.74) is 7.91. The molecule has 0 aliphatic carbocycles. The predicted octanol–water partition coefficient (Wildman–Crippen LogP) is 2.03. The average Bonchev–Trinajstić information content (AvgIpc) is 2.81. The molecule has 0 aliphatic rings. The van der Waals surface area contributed by atoms with Crippen LogP contribution in [0.4, 0.5) is 0 Å². The van der Waals surface area contributed by atoms with Crippen molar-refractivity contribution in [2.24, 2.45) is 12.8 Å². The summed E-state index contributed by atoms with van der Waals surface area (Å²) >= 11 is 0. The minimum absolute atomic E-state index is 0.0903. The first-order valence-corrected chi connectivity index (χ1v) is 6.13. The van der Waals surface area contributed by atoms with Gasteiger partial charge in [-0.1, -0.05) is 6.07 Å². The molecule has 0 fully saturated rings. The number of methoxy groups -OCH3 is 1. The van der Waals surface area contributed by atoms with Gasteiger partial charge in [0.2, 0.25) is 0 Å². The van der Waals surface area contributed by atoms with Gasteiger partial charge in [0.25, 0.3) is 0 Å². The highest BCUT2D eigenvalue weighted by atomic mass is 16.5. The number of aryl methyl sites for hydroxylation is 1. The van der Waals surface area contributed by atoms with Crippen molar-refractivity contribution in [1.29, 1.82) is 0 Å². The summed E-state index contributed by atoms with van der Waals surface area (Å²) in [6.45, 7) is 2.38. The number of benzene rings is 1. The Labute approximate surface area is 113 Å². The first-order chi connectivity index (χ1) is 9.11. The van der Waals surface area contributed by atoms with Crippen LogP contribution in [-0.2, 0) is 13.7 Å². The van der Waals surface area contributed by atoms with Gasteiger partial charge in [0, 0.05) is 24.7 Å². The first kappa shape index (κ1) is 13.4. The molecule has 2 aromatic rings. The van der Waals surface area contributed by atoms with Gasteiger partial charge in [-0.15, -0.1) is 0 Å². The second-order valence-corrected chi connectivity index (χ2v) is 4.48. The maximum absolute atomic E-state index is 5.95. The third-order valence-corrected chi connectivity index (χ3v) is 3.00. The Morgan fingerprint density at radius 3 is 2.79 bits per heavy atom. The van der Waals surface area contributed by atoms with Crippen molar-refractivity contribution in [2.75, 3.05) is 7.11 Å². The highest BCUT2D eigenvalue weighted by molar-refractivity contribution is 5.42. The molecule has 0 radical (unpaired) electrons. The van der Waals surface area contributed by atoms with Gasteiger partial charge in [-0.05, 0) is 13.0 Å². The van der Waals surface area contributed by atoms with Crippen molar-refractivity contribution in [3.05, 3.63) is 42.0 Å². The molecule has 0 aliphatic heterocycles. The third-order valence-electron chi connectivity index (χ3n) is 3.00. The summed E-state index contributed by atoms with van der Waals surface area (Å²) in [4.78, 5) is 4.06. The van der Waals surface area contributed by atoms with Gasteiger partial charge in [0.1, 0.15) is 18.1 Å². The molecule has 0 unspecified atom stereocenters. The Morgan fingerprint density at radius 1 is 1.42 bits per heavy atom. The molecule has 5 nitrogen and oxygen atoms in total. The lowest BCUT2D eigenvalue weighted by molar-refractivity contribution is 0.290. The fourth-order valence-corrected chi connectivity index (χ4v) is 1.82. The molecule has 19 heavy (non-hydrogen) atoms. The Kier molecular flexibility index (Phi) is 4.06. The van der Waals surface area contributed by atoms with Gasteiger partial charge in [-0.25, -0.2) is 4.98 Å². The summed E-state index contributed by atoms with van der Waals surface area (Å²) in [6, 6.07) is 5.58. The Hall–Kier alpha value is -2.01. The van der Waals surface area contributed by atoms with E-state index in [1.165, 1.54) is 0 Å². The van der Waals surface area contributed by atoms with E-state index in [1.54, 1.807) is 19.6 Å². The van der Waals surface area contributed by atoms with Crippen LogP contribution < -0.4 is 15.2 Å². The van der Waals surface area contributed by atoms with Crippen molar-refractivity contribution < 1.29 is 9.47 Å². The summed E-state index contributed by atoms with van der Waals surface area (Å²) in [6.07, 6.45) is 3.53. The molecule has 1 aromatic carbocycles. The van der Waals surface area contributed by atoms with Crippen molar-refractivity contribution in [1.82, 2.24) is 9.55 Å². The molecule has 2 rings (SSSR count). The van der Waals surface area contributed by atoms with Crippen LogP contribution >= 0.6 is 0 Å². The standard InChI is InChI=1S/C14H19N3O2/c1-10(15)13-5-4-12(18-3)6-14(13)19-8-11-7-16-9-17(11)2/h4-7,9-10H,8,15H2,1-3H3/t10-/m0/s1. The molecule has 5 heteroatoms. The molecule has 102 valence electrons. The Morgan fingerprint density at radius 2 is 2.21 bits per heavy atom. The van der Waals surface area contributed by atoms with Gasteiger partial charge in [0.05, 0.1) is 25.3 Å². The average molecular weight is 261 g/mol. The lowest BCUT2D eigenvalue weighted by Gasteiger charge is -2.15. The fourth-order valence-electron chi connectivity index (χ4n) is 1.82. The van der Waals surface area contributed by atoms with Crippen LogP contribution in [0.15, 0.2) is 30.7 Å². The van der Waals surface area contributed by atoms with E-state index < -0.39 is 0 Å². The number of rotatable bonds is 5. The molecule has 1 atom stereocenters. The van der Waals surface area contributed by atoms with E-state index >= 15 is 0 Å². The van der Waals surface area contributed by atoms with Crippen LogP contribution in [0.5, 0.6) is 11.5 Å². The maximum atomic E-state index is 5.95. The SMILES string of the molecule is COc1ccc([C@H](C)N)c(OCc2cncn2C)c1. The number of hydrogen-bond donors (Lipinski definition) is 1. The number of imidazole rings is 1. The first-order valence-electron chi connectivity index (χ1n) is 6.13. The lowest BCUT2D eigenvalue weighted by Crippen LogP contribution is -2.09. The normalized spacial score (nSPS) is 12.2. The monoisotopic (exact) mass is 261 g/mol. The topological polar surface area (TPSA) is 62.3 Å². The second kappa shape index (κ2) is 5.75. The maximum Gasteiger partial charge on any atom is 0.130 e. The van der Waals surface area contributed by atoms with Gasteiger partial charge < -0.3 is 19.8 Å². The minimum atomic E-state index is -0.0903. The zero-order valence-electron chi connectivity index (χ0n) is 11.5. The molecule has 0 saturated heterocycles. The summed E-state index contributed by atoms with van der Waals surface area (Å²) in [5, 5.41) is 0. The summed E-state index contributed by atoms with van der Waals surface area (Å²) in [5.74, 6) is 1.50. The minimum Gasteiger partial charge on any atom is -0.497 e. The van der Waals surface area contributed by atoms with E-state index in [2.05, 4.69) is 4.98 Å². The molecular weight excluding hydrogens is 242 g/mol. The molecule has 1 aromatic heterocycles. The Bertz CT molecular complexity index is 549. The van der Waals surface area contributed by atoms with Crippen LogP contribution in [0, 0.1) is 0 Å². The quantitative estimate of drug-likeness (QED) is 0.894. The van der Waals surface area contributed by atoms with Crippen molar-refractivity contribution in [3.8, 4) is 11.5 Å². The number of nitrogens with two attached hydrogens (primary N) is 1. The zero-order chi connectivity index (χ0) is 13.8. The fraction of sp³-hybridized carbons (Fsp3) is 0.357. The van der Waals surface area contributed by atoms with Crippen molar-refractivity contribution >= 4 is 0 Å². The van der Waals surface area contributed by atoms with E-state index in [9.17, 15) is 0 Å². The molecular formula is C14H19N3O2. The number of nitrogens with zero attached hydrogens (tertiary/aromatic N) is 2. The summed E-state index contributed by atoms with van der Waals surface area (Å²) < 4.78 is 13.0. The molecule has 0 spiro atoms. The molecule has 2 N–H and O–H groups in total. The smallest absolute Gasteiger partial charge is 0.130 e. The highest BCUT2D eigenvalue weighted by Crippen LogP contribution is 2.29. The largest absolute Gasteiger partial charge is 0.497 e. The third kappa shape index (κ3) is 3.06. The van der Waals surface area contributed by atoms with Crippen LogP contribution in [0.1, 0.15) is 24.2 Å². The van der Waals surface area contributed by atoms with Gasteiger partial charge in [0.15, 0.2) is 0 Å². The van der Waals surface area contributed by atoms with E-state index in [4.69, 9.17) is 15.2 Å². The number of ether oxygens (including phenoxy) is 2. The van der Waals surface area contributed by atoms with Gasteiger partial charge in [-0.2, -0.15) is 0 Å². The van der Waals surface area contributed by atoms with Gasteiger partial charge >= 0.3 is 0 Å². The Balaban J connectivity index is 2.20. The van der Waals surface area contributed by atoms with E-state index in [0.29, 0.717) is 6.61 Å². The molecule has 1 heterocycles.